The molecule has 23 heavy (non-hydrogen) atoms. The highest BCUT2D eigenvalue weighted by Crippen LogP contribution is 2.12. The van der Waals surface area contributed by atoms with Crippen LogP contribution in [0, 0.1) is 11.3 Å². The van der Waals surface area contributed by atoms with Crippen molar-refractivity contribution in [3.05, 3.63) is 47.7 Å². The minimum absolute atomic E-state index is 0.0569. The first-order valence-electron chi connectivity index (χ1n) is 7.25. The molecule has 1 rings (SSSR count). The number of carbonyl (C=O) groups is 2. The van der Waals surface area contributed by atoms with Crippen LogP contribution in [-0.2, 0) is 20.9 Å². The SMILES string of the molecule is COC(=O)CN/C=C(/C#N)C(=O)N(Cc1ccccc1)C(C)C. The number of ether oxygens (including phenoxy) is 1. The van der Waals surface area contributed by atoms with Crippen molar-refractivity contribution in [2.24, 2.45) is 0 Å². The second kappa shape index (κ2) is 9.26. The molecule has 0 fully saturated rings. The average molecular weight is 315 g/mol. The summed E-state index contributed by atoms with van der Waals surface area (Å²) in [4.78, 5) is 25.2. The minimum Gasteiger partial charge on any atom is -0.468 e. The molecule has 6 nitrogen and oxygen atoms in total. The fraction of sp³-hybridized carbons (Fsp3) is 0.353. The van der Waals surface area contributed by atoms with Gasteiger partial charge in [0.2, 0.25) is 0 Å². The number of esters is 1. The maximum atomic E-state index is 12.5. The summed E-state index contributed by atoms with van der Waals surface area (Å²) in [6, 6.07) is 11.4. The molecule has 1 aromatic carbocycles. The highest BCUT2D eigenvalue weighted by Gasteiger charge is 2.21. The Hall–Kier alpha value is -2.81. The molecule has 0 bridgehead atoms. The smallest absolute Gasteiger partial charge is 0.325 e. The zero-order chi connectivity index (χ0) is 17.2. The first kappa shape index (κ1) is 18.2. The van der Waals surface area contributed by atoms with E-state index in [2.05, 4.69) is 10.1 Å². The number of nitrogens with one attached hydrogen (secondary N) is 1. The third kappa shape index (κ3) is 5.83. The summed E-state index contributed by atoms with van der Waals surface area (Å²) in [5.74, 6) is -0.861. The molecule has 0 saturated carbocycles. The lowest BCUT2D eigenvalue weighted by Crippen LogP contribution is -2.37. The van der Waals surface area contributed by atoms with E-state index in [9.17, 15) is 14.9 Å². The van der Waals surface area contributed by atoms with E-state index in [1.165, 1.54) is 13.3 Å². The fourth-order valence-electron chi connectivity index (χ4n) is 1.87. The van der Waals surface area contributed by atoms with Gasteiger partial charge in [0, 0.05) is 18.8 Å². The predicted molar refractivity (Wildman–Crippen MR) is 85.8 cm³/mol. The summed E-state index contributed by atoms with van der Waals surface area (Å²) < 4.78 is 4.48. The lowest BCUT2D eigenvalue weighted by molar-refractivity contribution is -0.139. The van der Waals surface area contributed by atoms with Crippen molar-refractivity contribution < 1.29 is 14.3 Å². The molecular formula is C17H21N3O3. The Labute approximate surface area is 136 Å². The number of rotatable bonds is 7. The maximum Gasteiger partial charge on any atom is 0.325 e. The quantitative estimate of drug-likeness (QED) is 0.469. The van der Waals surface area contributed by atoms with Crippen molar-refractivity contribution in [3.8, 4) is 6.07 Å². The molecule has 0 saturated heterocycles. The van der Waals surface area contributed by atoms with E-state index in [-0.39, 0.29) is 24.1 Å². The Bertz CT molecular complexity index is 603. The normalized spacial score (nSPS) is 10.8. The minimum atomic E-state index is -0.476. The molecule has 6 heteroatoms. The van der Waals surface area contributed by atoms with E-state index in [0.717, 1.165) is 5.56 Å². The lowest BCUT2D eigenvalue weighted by atomic mass is 10.1. The monoisotopic (exact) mass is 315 g/mol. The van der Waals surface area contributed by atoms with Crippen LogP contribution in [0.3, 0.4) is 0 Å². The Morgan fingerprint density at radius 2 is 2.00 bits per heavy atom. The standard InChI is InChI=1S/C17H21N3O3/c1-13(2)20(12-14-7-5-4-6-8-14)17(22)15(9-18)10-19-11-16(21)23-3/h4-8,10,13,19H,11-12H2,1-3H3/b15-10-. The van der Waals surface area contributed by atoms with Crippen LogP contribution in [-0.4, -0.2) is 36.5 Å². The van der Waals surface area contributed by atoms with Gasteiger partial charge in [-0.2, -0.15) is 5.26 Å². The number of amides is 1. The van der Waals surface area contributed by atoms with E-state index >= 15 is 0 Å². The van der Waals surface area contributed by atoms with E-state index < -0.39 is 5.97 Å². The van der Waals surface area contributed by atoms with Crippen molar-refractivity contribution >= 4 is 11.9 Å². The van der Waals surface area contributed by atoms with Crippen LogP contribution < -0.4 is 5.32 Å². The molecule has 1 N–H and O–H groups in total. The van der Waals surface area contributed by atoms with Crippen molar-refractivity contribution in [2.45, 2.75) is 26.4 Å². The molecule has 0 unspecified atom stereocenters. The fourth-order valence-corrected chi connectivity index (χ4v) is 1.87. The predicted octanol–water partition coefficient (Wildman–Crippen LogP) is 1.59. The first-order valence-corrected chi connectivity index (χ1v) is 7.25. The van der Waals surface area contributed by atoms with Gasteiger partial charge in [0.15, 0.2) is 0 Å². The number of nitrogens with zero attached hydrogens (tertiary/aromatic N) is 2. The number of hydrogen-bond donors (Lipinski definition) is 1. The number of carbonyl (C=O) groups excluding carboxylic acids is 2. The van der Waals surface area contributed by atoms with Crippen molar-refractivity contribution in [1.29, 1.82) is 5.26 Å². The van der Waals surface area contributed by atoms with Gasteiger partial charge < -0.3 is 15.0 Å². The van der Waals surface area contributed by atoms with Crippen LogP contribution in [0.25, 0.3) is 0 Å². The molecule has 1 aromatic rings. The largest absolute Gasteiger partial charge is 0.468 e. The van der Waals surface area contributed by atoms with Gasteiger partial charge in [0.1, 0.15) is 18.2 Å². The molecular weight excluding hydrogens is 294 g/mol. The number of methoxy groups -OCH3 is 1. The molecule has 0 spiro atoms. The topological polar surface area (TPSA) is 82.4 Å². The van der Waals surface area contributed by atoms with E-state index in [1.54, 1.807) is 4.90 Å². The van der Waals surface area contributed by atoms with Gasteiger partial charge in [-0.05, 0) is 19.4 Å². The zero-order valence-electron chi connectivity index (χ0n) is 13.6. The Morgan fingerprint density at radius 3 is 2.52 bits per heavy atom. The van der Waals surface area contributed by atoms with Crippen molar-refractivity contribution in [3.63, 3.8) is 0 Å². The van der Waals surface area contributed by atoms with Crippen molar-refractivity contribution in [1.82, 2.24) is 10.2 Å². The molecule has 122 valence electrons. The van der Waals surface area contributed by atoms with Gasteiger partial charge in [0.25, 0.3) is 5.91 Å². The second-order valence-electron chi connectivity index (χ2n) is 5.14. The van der Waals surface area contributed by atoms with Crippen LogP contribution in [0.4, 0.5) is 0 Å². The maximum absolute atomic E-state index is 12.5. The number of benzene rings is 1. The molecule has 1 amide bonds. The summed E-state index contributed by atoms with van der Waals surface area (Å²) in [6.07, 6.45) is 1.25. The van der Waals surface area contributed by atoms with Gasteiger partial charge in [0.05, 0.1) is 7.11 Å². The first-order chi connectivity index (χ1) is 11.0. The summed E-state index contributed by atoms with van der Waals surface area (Å²) in [5, 5.41) is 11.8. The molecule has 0 heterocycles. The van der Waals surface area contributed by atoms with Gasteiger partial charge in [-0.1, -0.05) is 30.3 Å². The highest BCUT2D eigenvalue weighted by molar-refractivity contribution is 5.97. The van der Waals surface area contributed by atoms with Gasteiger partial charge in [-0.3, -0.25) is 9.59 Å². The van der Waals surface area contributed by atoms with Crippen LogP contribution in [0.15, 0.2) is 42.1 Å². The van der Waals surface area contributed by atoms with Gasteiger partial charge >= 0.3 is 5.97 Å². The van der Waals surface area contributed by atoms with E-state index in [0.29, 0.717) is 6.54 Å². The average Bonchev–Trinajstić information content (AvgIpc) is 2.56. The van der Waals surface area contributed by atoms with Crippen LogP contribution in [0.1, 0.15) is 19.4 Å². The molecule has 0 aliphatic rings. The summed E-state index contributed by atoms with van der Waals surface area (Å²) >= 11 is 0. The molecule has 0 aliphatic carbocycles. The van der Waals surface area contributed by atoms with Crippen LogP contribution >= 0.6 is 0 Å². The second-order valence-corrected chi connectivity index (χ2v) is 5.14. The zero-order valence-corrected chi connectivity index (χ0v) is 13.6. The number of hydrogen-bond acceptors (Lipinski definition) is 5. The molecule has 0 aliphatic heterocycles. The van der Waals surface area contributed by atoms with E-state index in [4.69, 9.17) is 0 Å². The van der Waals surface area contributed by atoms with Crippen LogP contribution in [0.5, 0.6) is 0 Å². The van der Waals surface area contributed by atoms with E-state index in [1.807, 2.05) is 50.2 Å². The lowest BCUT2D eigenvalue weighted by Gasteiger charge is -2.26. The van der Waals surface area contributed by atoms with Gasteiger partial charge in [-0.25, -0.2) is 0 Å². The Balaban J connectivity index is 2.84. The summed E-state index contributed by atoms with van der Waals surface area (Å²) in [6.45, 7) is 4.08. The third-order valence-corrected chi connectivity index (χ3v) is 3.15. The van der Waals surface area contributed by atoms with Gasteiger partial charge in [-0.15, -0.1) is 0 Å². The third-order valence-electron chi connectivity index (χ3n) is 3.15. The van der Waals surface area contributed by atoms with Crippen molar-refractivity contribution in [2.75, 3.05) is 13.7 Å². The molecule has 0 atom stereocenters. The number of nitriles is 1. The Morgan fingerprint density at radius 1 is 1.35 bits per heavy atom. The summed E-state index contributed by atoms with van der Waals surface area (Å²) in [5.41, 5.74) is 0.924. The molecule has 0 radical (unpaired) electrons. The Kier molecular flexibility index (Phi) is 7.34. The highest BCUT2D eigenvalue weighted by atomic mass is 16.5. The summed E-state index contributed by atoms with van der Waals surface area (Å²) in [7, 11) is 1.27. The van der Waals surface area contributed by atoms with Crippen LogP contribution in [0.2, 0.25) is 0 Å². The molecule has 0 aromatic heterocycles.